The Bertz CT molecular complexity index is 2080. The number of fused-ring (bicyclic) bond motifs is 3. The monoisotopic (exact) mass is 536 g/mol. The molecule has 0 radical (unpaired) electrons. The first-order valence-corrected chi connectivity index (χ1v) is 14.7. The summed E-state index contributed by atoms with van der Waals surface area (Å²) in [6.45, 7) is 4.20. The van der Waals surface area contributed by atoms with Gasteiger partial charge in [-0.3, -0.25) is 0 Å². The summed E-state index contributed by atoms with van der Waals surface area (Å²) in [4.78, 5) is 0. The highest BCUT2D eigenvalue weighted by Crippen LogP contribution is 2.45. The lowest BCUT2D eigenvalue weighted by Gasteiger charge is -2.19. The maximum atomic E-state index is 2.37. The Labute approximate surface area is 247 Å². The predicted octanol–water partition coefficient (Wildman–Crippen LogP) is 12.1. The highest BCUT2D eigenvalue weighted by atomic mass is 14.2. The molecule has 0 aliphatic rings. The van der Waals surface area contributed by atoms with E-state index in [2.05, 4.69) is 172 Å². The van der Waals surface area contributed by atoms with Crippen molar-refractivity contribution in [2.45, 2.75) is 13.8 Å². The van der Waals surface area contributed by atoms with Gasteiger partial charge in [0, 0.05) is 0 Å². The molecule has 0 spiro atoms. The molecule has 0 nitrogen and oxygen atoms in total. The van der Waals surface area contributed by atoms with Crippen LogP contribution in [0.2, 0.25) is 0 Å². The van der Waals surface area contributed by atoms with Gasteiger partial charge in [0.1, 0.15) is 0 Å². The van der Waals surface area contributed by atoms with E-state index in [4.69, 9.17) is 0 Å². The maximum absolute atomic E-state index is 2.37. The number of rotatable bonds is 5. The van der Waals surface area contributed by atoms with Gasteiger partial charge in [-0.15, -0.1) is 0 Å². The molecule has 0 bridgehead atoms. The molecule has 0 heterocycles. The van der Waals surface area contributed by atoms with Crippen molar-refractivity contribution < 1.29 is 0 Å². The number of benzene rings is 7. The van der Waals surface area contributed by atoms with E-state index >= 15 is 0 Å². The first-order valence-electron chi connectivity index (χ1n) is 14.7. The van der Waals surface area contributed by atoms with Crippen molar-refractivity contribution in [3.63, 3.8) is 0 Å². The first-order chi connectivity index (χ1) is 20.7. The lowest BCUT2D eigenvalue weighted by Crippen LogP contribution is -1.93. The average molecular weight is 537 g/mol. The van der Waals surface area contributed by atoms with Crippen LogP contribution in [-0.4, -0.2) is 0 Å². The van der Waals surface area contributed by atoms with Crippen molar-refractivity contribution in [1.82, 2.24) is 0 Å². The van der Waals surface area contributed by atoms with Crippen LogP contribution in [0.4, 0.5) is 0 Å². The molecule has 0 fully saturated rings. The van der Waals surface area contributed by atoms with Crippen LogP contribution in [0.25, 0.3) is 71.3 Å². The van der Waals surface area contributed by atoms with Crippen molar-refractivity contribution in [3.8, 4) is 33.4 Å². The maximum Gasteiger partial charge on any atom is -0.00259 e. The Hall–Kier alpha value is -5.20. The average Bonchev–Trinajstić information content (AvgIpc) is 3.06. The van der Waals surface area contributed by atoms with Gasteiger partial charge in [-0.1, -0.05) is 133 Å². The van der Waals surface area contributed by atoms with Crippen LogP contribution in [0.3, 0.4) is 0 Å². The van der Waals surface area contributed by atoms with Gasteiger partial charge in [-0.05, 0) is 115 Å². The van der Waals surface area contributed by atoms with Crippen molar-refractivity contribution >= 4 is 37.9 Å². The molecule has 0 N–H and O–H groups in total. The van der Waals surface area contributed by atoms with Gasteiger partial charge in [0.2, 0.25) is 0 Å². The summed E-state index contributed by atoms with van der Waals surface area (Å²) in [6, 6.07) is 51.1. The second-order valence-electron chi connectivity index (χ2n) is 10.8. The molecule has 7 aromatic carbocycles. The van der Waals surface area contributed by atoms with Gasteiger partial charge in [-0.25, -0.2) is 0 Å². The summed E-state index contributed by atoms with van der Waals surface area (Å²) in [6.07, 6.45) is 6.52. The van der Waals surface area contributed by atoms with Gasteiger partial charge in [-0.2, -0.15) is 0 Å². The van der Waals surface area contributed by atoms with E-state index in [1.165, 1.54) is 76.8 Å². The van der Waals surface area contributed by atoms with Gasteiger partial charge in [0.15, 0.2) is 0 Å². The molecule has 0 aromatic heterocycles. The molecule has 0 atom stereocenters. The molecule has 0 heteroatoms. The Morgan fingerprint density at radius 1 is 0.429 bits per heavy atom. The Morgan fingerprint density at radius 3 is 1.60 bits per heavy atom. The Morgan fingerprint density at radius 2 is 0.976 bits per heavy atom. The topological polar surface area (TPSA) is 0 Å². The van der Waals surface area contributed by atoms with Crippen LogP contribution in [0.5, 0.6) is 0 Å². The number of hydrogen-bond donors (Lipinski definition) is 0. The fourth-order valence-corrected chi connectivity index (χ4v) is 6.37. The third kappa shape index (κ3) is 4.52. The van der Waals surface area contributed by atoms with Crippen LogP contribution >= 0.6 is 0 Å². The fraction of sp³-hybridized carbons (Fsp3) is 0.0476. The molecule has 200 valence electrons. The summed E-state index contributed by atoms with van der Waals surface area (Å²) in [5.74, 6) is 0. The SMILES string of the molecule is C/C=C\C(=C/C)c1cc(-c2ccccc2)cc(-c2c3ccccc3c(-c3ccc4ccccc4c3)c3ccccc23)c1. The van der Waals surface area contributed by atoms with Crippen LogP contribution < -0.4 is 0 Å². The fourth-order valence-electron chi connectivity index (χ4n) is 6.37. The zero-order valence-electron chi connectivity index (χ0n) is 24.0. The predicted molar refractivity (Wildman–Crippen MR) is 184 cm³/mol. The summed E-state index contributed by atoms with van der Waals surface area (Å²) < 4.78 is 0. The van der Waals surface area contributed by atoms with E-state index in [1.54, 1.807) is 0 Å². The lowest BCUT2D eigenvalue weighted by molar-refractivity contribution is 1.55. The van der Waals surface area contributed by atoms with Gasteiger partial charge >= 0.3 is 0 Å². The Kier molecular flexibility index (Phi) is 6.74. The molecule has 42 heavy (non-hydrogen) atoms. The molecule has 0 aliphatic heterocycles. The van der Waals surface area contributed by atoms with E-state index in [-0.39, 0.29) is 0 Å². The molecule has 7 aromatic rings. The molecule has 0 aliphatic carbocycles. The molecule has 0 saturated carbocycles. The highest BCUT2D eigenvalue weighted by Gasteiger charge is 2.18. The standard InChI is InChI=1S/C42H32/c1-3-14-29(4-2)34-26-35(30-15-6-5-7-16-30)28-36(27-34)42-39-21-12-10-19-37(39)41(38-20-11-13-22-40(38)42)33-24-23-31-17-8-9-18-32(31)25-33/h3-28H,1-2H3/b14-3-,29-4+. The van der Waals surface area contributed by atoms with Crippen LogP contribution in [0.1, 0.15) is 19.4 Å². The molecule has 0 saturated heterocycles. The van der Waals surface area contributed by atoms with Gasteiger partial charge in [0.25, 0.3) is 0 Å². The minimum absolute atomic E-state index is 1.22. The van der Waals surface area contributed by atoms with E-state index in [1.807, 2.05) is 0 Å². The number of hydrogen-bond acceptors (Lipinski definition) is 0. The van der Waals surface area contributed by atoms with E-state index in [0.29, 0.717) is 0 Å². The zero-order valence-corrected chi connectivity index (χ0v) is 24.0. The van der Waals surface area contributed by atoms with Crippen LogP contribution in [0, 0.1) is 0 Å². The van der Waals surface area contributed by atoms with Crippen molar-refractivity contribution in [2.75, 3.05) is 0 Å². The zero-order chi connectivity index (χ0) is 28.5. The highest BCUT2D eigenvalue weighted by molar-refractivity contribution is 6.22. The molecule has 0 amide bonds. The second kappa shape index (κ2) is 11.0. The molecule has 7 rings (SSSR count). The lowest BCUT2D eigenvalue weighted by atomic mass is 9.84. The summed E-state index contributed by atoms with van der Waals surface area (Å²) in [5, 5.41) is 7.60. The van der Waals surface area contributed by atoms with Crippen molar-refractivity contribution in [3.05, 3.63) is 163 Å². The largest absolute Gasteiger partial charge is 0.0871 e. The van der Waals surface area contributed by atoms with Crippen LogP contribution in [0.15, 0.2) is 158 Å². The minimum Gasteiger partial charge on any atom is -0.0871 e. The molecular formula is C42H32. The van der Waals surface area contributed by atoms with E-state index in [0.717, 1.165) is 0 Å². The minimum atomic E-state index is 1.22. The number of allylic oxidation sites excluding steroid dienone is 4. The molecular weight excluding hydrogens is 504 g/mol. The third-order valence-corrected chi connectivity index (χ3v) is 8.29. The van der Waals surface area contributed by atoms with Crippen molar-refractivity contribution in [2.24, 2.45) is 0 Å². The Balaban J connectivity index is 1.58. The van der Waals surface area contributed by atoms with E-state index in [9.17, 15) is 0 Å². The van der Waals surface area contributed by atoms with Gasteiger partial charge < -0.3 is 0 Å². The van der Waals surface area contributed by atoms with Crippen LogP contribution in [-0.2, 0) is 0 Å². The van der Waals surface area contributed by atoms with Gasteiger partial charge in [0.05, 0.1) is 0 Å². The summed E-state index contributed by atoms with van der Waals surface area (Å²) in [5.41, 5.74) is 9.93. The summed E-state index contributed by atoms with van der Waals surface area (Å²) >= 11 is 0. The second-order valence-corrected chi connectivity index (χ2v) is 10.8. The van der Waals surface area contributed by atoms with Crippen molar-refractivity contribution in [1.29, 1.82) is 0 Å². The quantitative estimate of drug-likeness (QED) is 0.152. The third-order valence-electron chi connectivity index (χ3n) is 8.29. The summed E-state index contributed by atoms with van der Waals surface area (Å²) in [7, 11) is 0. The van der Waals surface area contributed by atoms with E-state index < -0.39 is 0 Å². The molecule has 0 unspecified atom stereocenters. The smallest absolute Gasteiger partial charge is 0.00259 e. The first kappa shape index (κ1) is 25.7. The normalized spacial score (nSPS) is 12.1.